The van der Waals surface area contributed by atoms with Gasteiger partial charge in [0.2, 0.25) is 0 Å². The van der Waals surface area contributed by atoms with Crippen LogP contribution in [0.1, 0.15) is 35.8 Å². The first-order valence-corrected chi connectivity index (χ1v) is 13.1. The molecule has 3 amide bonds. The maximum atomic E-state index is 13.2. The molecule has 0 radical (unpaired) electrons. The van der Waals surface area contributed by atoms with Crippen LogP contribution in [0, 0.1) is 0 Å². The van der Waals surface area contributed by atoms with E-state index in [0.717, 1.165) is 29.3 Å². The average Bonchev–Trinajstić information content (AvgIpc) is 3.23. The molecule has 0 aliphatic heterocycles. The standard InChI is InChI=1S/C27H23BrCl2N4O3/c1-2-3-4-16-5-8-19(9-6-16)31-26(36)27(37)33-34-23-12-7-18(28)13-17(23)14-24(34)25(35)32-20-10-11-21(29)22(30)15-20/h5-15H,2-4H2,1H3,(H,31,36)(H,32,35)(H,33,37). The summed E-state index contributed by atoms with van der Waals surface area (Å²) in [5, 5.41) is 6.65. The lowest BCUT2D eigenvalue weighted by molar-refractivity contribution is -0.133. The molecule has 0 spiro atoms. The van der Waals surface area contributed by atoms with Crippen molar-refractivity contribution in [1.29, 1.82) is 0 Å². The van der Waals surface area contributed by atoms with Crippen LogP contribution in [-0.4, -0.2) is 22.4 Å². The van der Waals surface area contributed by atoms with Crippen molar-refractivity contribution in [3.63, 3.8) is 0 Å². The number of anilines is 2. The fourth-order valence-electron chi connectivity index (χ4n) is 3.72. The number of amides is 3. The van der Waals surface area contributed by atoms with Gasteiger partial charge in [-0.1, -0.05) is 64.6 Å². The van der Waals surface area contributed by atoms with E-state index in [2.05, 4.69) is 38.9 Å². The minimum absolute atomic E-state index is 0.112. The van der Waals surface area contributed by atoms with E-state index < -0.39 is 17.7 Å². The molecule has 7 nitrogen and oxygen atoms in total. The Morgan fingerprint density at radius 1 is 0.838 bits per heavy atom. The Kier molecular flexibility index (Phi) is 8.53. The predicted octanol–water partition coefficient (Wildman–Crippen LogP) is 7.01. The predicted molar refractivity (Wildman–Crippen MR) is 152 cm³/mol. The Morgan fingerprint density at radius 2 is 1.57 bits per heavy atom. The molecule has 3 aromatic carbocycles. The number of benzene rings is 3. The summed E-state index contributed by atoms with van der Waals surface area (Å²) >= 11 is 15.4. The molecule has 0 saturated carbocycles. The van der Waals surface area contributed by atoms with E-state index in [1.807, 2.05) is 12.1 Å². The van der Waals surface area contributed by atoms with Crippen molar-refractivity contribution in [2.24, 2.45) is 0 Å². The third-order valence-electron chi connectivity index (χ3n) is 5.62. The second-order valence-electron chi connectivity index (χ2n) is 8.35. The van der Waals surface area contributed by atoms with Crippen molar-refractivity contribution in [2.45, 2.75) is 26.2 Å². The molecule has 0 aliphatic carbocycles. The van der Waals surface area contributed by atoms with Gasteiger partial charge in [0.25, 0.3) is 5.91 Å². The van der Waals surface area contributed by atoms with Crippen molar-refractivity contribution in [3.05, 3.63) is 92.5 Å². The van der Waals surface area contributed by atoms with Gasteiger partial charge in [0.1, 0.15) is 5.69 Å². The van der Waals surface area contributed by atoms with E-state index in [4.69, 9.17) is 23.2 Å². The molecular formula is C27H23BrCl2N4O3. The molecule has 0 unspecified atom stereocenters. The first-order chi connectivity index (χ1) is 17.7. The average molecular weight is 602 g/mol. The SMILES string of the molecule is CCCCc1ccc(NC(=O)C(=O)Nn2c(C(=O)Nc3ccc(Cl)c(Cl)c3)cc3cc(Br)ccc32)cc1. The first kappa shape index (κ1) is 26.7. The number of aromatic nitrogens is 1. The van der Waals surface area contributed by atoms with Gasteiger partial charge in [0, 0.05) is 21.2 Å². The van der Waals surface area contributed by atoms with E-state index in [0.29, 0.717) is 27.3 Å². The maximum absolute atomic E-state index is 13.2. The normalized spacial score (nSPS) is 10.8. The summed E-state index contributed by atoms with van der Waals surface area (Å²) in [4.78, 5) is 38.7. The Labute approximate surface area is 232 Å². The van der Waals surface area contributed by atoms with Crippen LogP contribution < -0.4 is 16.1 Å². The molecule has 10 heteroatoms. The van der Waals surface area contributed by atoms with Crippen molar-refractivity contribution < 1.29 is 14.4 Å². The number of carbonyl (C=O) groups excluding carboxylic acids is 3. The monoisotopic (exact) mass is 600 g/mol. The van der Waals surface area contributed by atoms with Crippen LogP contribution in [0.2, 0.25) is 10.0 Å². The molecule has 190 valence electrons. The summed E-state index contributed by atoms with van der Waals surface area (Å²) in [6.45, 7) is 2.13. The number of nitrogens with zero attached hydrogens (tertiary/aromatic N) is 1. The minimum Gasteiger partial charge on any atom is -0.321 e. The smallest absolute Gasteiger partial charge is 0.321 e. The van der Waals surface area contributed by atoms with Crippen LogP contribution in [0.5, 0.6) is 0 Å². The zero-order valence-corrected chi connectivity index (χ0v) is 22.9. The molecule has 3 N–H and O–H groups in total. The zero-order chi connectivity index (χ0) is 26.5. The van der Waals surface area contributed by atoms with Crippen LogP contribution in [0.25, 0.3) is 10.9 Å². The lowest BCUT2D eigenvalue weighted by Crippen LogP contribution is -2.36. The van der Waals surface area contributed by atoms with Gasteiger partial charge >= 0.3 is 11.8 Å². The second kappa shape index (κ2) is 11.8. The lowest BCUT2D eigenvalue weighted by Gasteiger charge is -2.13. The van der Waals surface area contributed by atoms with E-state index in [1.54, 1.807) is 48.5 Å². The maximum Gasteiger partial charge on any atom is 0.328 e. The number of aryl methyl sites for hydroxylation is 1. The number of nitrogens with one attached hydrogen (secondary N) is 3. The van der Waals surface area contributed by atoms with Crippen LogP contribution in [0.15, 0.2) is 71.2 Å². The molecule has 1 heterocycles. The number of halogens is 3. The topological polar surface area (TPSA) is 92.2 Å². The van der Waals surface area contributed by atoms with Gasteiger partial charge in [-0.05, 0) is 73.0 Å². The van der Waals surface area contributed by atoms with Crippen molar-refractivity contribution >= 4 is 79.1 Å². The third-order valence-corrected chi connectivity index (χ3v) is 6.86. The molecule has 0 aliphatic rings. The highest BCUT2D eigenvalue weighted by atomic mass is 79.9. The summed E-state index contributed by atoms with van der Waals surface area (Å²) in [5.74, 6) is -2.32. The van der Waals surface area contributed by atoms with Crippen LogP contribution >= 0.6 is 39.1 Å². The summed E-state index contributed by atoms with van der Waals surface area (Å²) in [6.07, 6.45) is 3.13. The fraction of sp³-hybridized carbons (Fsp3) is 0.148. The summed E-state index contributed by atoms with van der Waals surface area (Å²) in [6, 6.07) is 19.0. The largest absolute Gasteiger partial charge is 0.328 e. The zero-order valence-electron chi connectivity index (χ0n) is 19.8. The van der Waals surface area contributed by atoms with Gasteiger partial charge in [-0.2, -0.15) is 0 Å². The highest BCUT2D eigenvalue weighted by molar-refractivity contribution is 9.10. The van der Waals surface area contributed by atoms with Crippen LogP contribution in [0.3, 0.4) is 0 Å². The van der Waals surface area contributed by atoms with Crippen LogP contribution in [-0.2, 0) is 16.0 Å². The number of hydrogen-bond acceptors (Lipinski definition) is 3. The molecule has 0 bridgehead atoms. The van der Waals surface area contributed by atoms with E-state index in [-0.39, 0.29) is 10.7 Å². The minimum atomic E-state index is -0.931. The van der Waals surface area contributed by atoms with Gasteiger partial charge in [0.05, 0.1) is 15.6 Å². The number of unbranched alkanes of at least 4 members (excludes halogenated alkanes) is 1. The number of rotatable bonds is 7. The molecule has 4 rings (SSSR count). The van der Waals surface area contributed by atoms with Gasteiger partial charge < -0.3 is 10.6 Å². The summed E-state index contributed by atoms with van der Waals surface area (Å²) in [5.41, 5.74) is 5.26. The molecular weight excluding hydrogens is 579 g/mol. The fourth-order valence-corrected chi connectivity index (χ4v) is 4.40. The van der Waals surface area contributed by atoms with Crippen molar-refractivity contribution in [3.8, 4) is 0 Å². The Bertz CT molecular complexity index is 1490. The highest BCUT2D eigenvalue weighted by Gasteiger charge is 2.21. The lowest BCUT2D eigenvalue weighted by atomic mass is 10.1. The van der Waals surface area contributed by atoms with Gasteiger partial charge in [-0.25, -0.2) is 4.68 Å². The molecule has 1 aromatic heterocycles. The Balaban J connectivity index is 1.55. The molecule has 0 atom stereocenters. The van der Waals surface area contributed by atoms with Crippen molar-refractivity contribution in [1.82, 2.24) is 4.68 Å². The second-order valence-corrected chi connectivity index (χ2v) is 10.1. The van der Waals surface area contributed by atoms with Crippen molar-refractivity contribution in [2.75, 3.05) is 16.1 Å². The van der Waals surface area contributed by atoms with E-state index in [9.17, 15) is 14.4 Å². The molecule has 0 fully saturated rings. The third kappa shape index (κ3) is 6.52. The Morgan fingerprint density at radius 3 is 2.27 bits per heavy atom. The number of fused-ring (bicyclic) bond motifs is 1. The number of hydrogen-bond donors (Lipinski definition) is 3. The Hall–Kier alpha value is -3.33. The van der Waals surface area contributed by atoms with Gasteiger partial charge in [-0.3, -0.25) is 19.8 Å². The summed E-state index contributed by atoms with van der Waals surface area (Å²) < 4.78 is 2.07. The van der Waals surface area contributed by atoms with Crippen LogP contribution in [0.4, 0.5) is 11.4 Å². The van der Waals surface area contributed by atoms with Gasteiger partial charge in [-0.15, -0.1) is 0 Å². The quantitative estimate of drug-likeness (QED) is 0.199. The van der Waals surface area contributed by atoms with E-state index >= 15 is 0 Å². The van der Waals surface area contributed by atoms with Gasteiger partial charge in [0.15, 0.2) is 0 Å². The van der Waals surface area contributed by atoms with E-state index in [1.165, 1.54) is 10.7 Å². The number of carbonyl (C=O) groups is 3. The molecule has 0 saturated heterocycles. The summed E-state index contributed by atoms with van der Waals surface area (Å²) in [7, 11) is 0. The molecule has 4 aromatic rings. The highest BCUT2D eigenvalue weighted by Crippen LogP contribution is 2.27. The first-order valence-electron chi connectivity index (χ1n) is 11.5. The molecule has 37 heavy (non-hydrogen) atoms.